The van der Waals surface area contributed by atoms with Crippen LogP contribution in [0, 0.1) is 23.7 Å². The summed E-state index contributed by atoms with van der Waals surface area (Å²) >= 11 is 0. The molecule has 4 aliphatic carbocycles. The predicted molar refractivity (Wildman–Crippen MR) is 162 cm³/mol. The van der Waals surface area contributed by atoms with E-state index in [1.165, 1.54) is 16.8 Å². The van der Waals surface area contributed by atoms with Crippen LogP contribution in [0.3, 0.4) is 0 Å². The first-order valence-corrected chi connectivity index (χ1v) is 14.3. The number of anilines is 1. The summed E-state index contributed by atoms with van der Waals surface area (Å²) in [5.74, 6) is 2.74. The Bertz CT molecular complexity index is 1620. The highest BCUT2D eigenvalue weighted by Crippen LogP contribution is 2.41. The summed E-state index contributed by atoms with van der Waals surface area (Å²) in [6.07, 6.45) is 20.8. The Morgan fingerprint density at radius 1 is 0.700 bits per heavy atom. The molecule has 8 bridgehead atoms. The Labute approximate surface area is 234 Å². The molecule has 0 amide bonds. The molecule has 7 atom stereocenters. The van der Waals surface area contributed by atoms with Crippen molar-refractivity contribution in [2.24, 2.45) is 33.7 Å². The van der Waals surface area contributed by atoms with Gasteiger partial charge in [0, 0.05) is 53.3 Å². The molecule has 1 fully saturated rings. The highest BCUT2D eigenvalue weighted by Gasteiger charge is 2.42. The van der Waals surface area contributed by atoms with E-state index in [1.807, 2.05) is 24.3 Å². The number of benzene rings is 1. The SMILES string of the molecule is C1=CC2C3=C/C(=N\C4NC(NC5C/C(=N\c6ccccccc([nH]6)N3)C3C=CC=CC53)c3ccccc34)C2C=C1. The molecule has 2 aliphatic heterocycles. The van der Waals surface area contributed by atoms with Gasteiger partial charge in [0.1, 0.15) is 17.8 Å². The Kier molecular flexibility index (Phi) is 5.75. The van der Waals surface area contributed by atoms with Gasteiger partial charge in [-0.1, -0.05) is 97.1 Å². The molecule has 2 aromatic rings. The lowest BCUT2D eigenvalue weighted by atomic mass is 9.89. The molecule has 6 aliphatic rings. The normalized spacial score (nSPS) is 34.8. The number of hydrogen-bond donors (Lipinski definition) is 4. The largest absolute Gasteiger partial charge is 0.345 e. The third-order valence-electron chi connectivity index (χ3n) is 8.84. The maximum atomic E-state index is 5.36. The van der Waals surface area contributed by atoms with E-state index in [4.69, 9.17) is 9.98 Å². The zero-order chi connectivity index (χ0) is 26.5. The van der Waals surface area contributed by atoms with Crippen molar-refractivity contribution < 1.29 is 0 Å². The van der Waals surface area contributed by atoms with Gasteiger partial charge in [-0.05, 0) is 29.3 Å². The van der Waals surface area contributed by atoms with Crippen LogP contribution < -0.4 is 16.0 Å². The average molecular weight is 525 g/mol. The van der Waals surface area contributed by atoms with Gasteiger partial charge in [0.2, 0.25) is 0 Å². The first-order chi connectivity index (χ1) is 19.8. The van der Waals surface area contributed by atoms with E-state index in [-0.39, 0.29) is 36.1 Å². The van der Waals surface area contributed by atoms with E-state index >= 15 is 0 Å². The maximum Gasteiger partial charge on any atom is 0.131 e. The Hall–Kier alpha value is -4.26. The van der Waals surface area contributed by atoms with Crippen LogP contribution in [-0.4, -0.2) is 22.4 Å². The minimum absolute atomic E-state index is 0.0223. The van der Waals surface area contributed by atoms with Gasteiger partial charge in [-0.15, -0.1) is 0 Å². The van der Waals surface area contributed by atoms with Crippen LogP contribution in [0.4, 0.5) is 11.6 Å². The standard InChI is InChI=1S/C34H32N6/c1-2-4-18-32-36-28-20-30(24-14-8-6-12-22(24)28)38-34-26-16-10-9-15-25(26)33(40-34)37-29-19-27(35-31(39-32)17-3-1)21-11-5-7-13-23(21)29/h1-19,21-24,30,33-35,38-40H,20H2/b3-1?,4-2?,31-17?,32-18?,36-28+,37-29+. The highest BCUT2D eigenvalue weighted by molar-refractivity contribution is 6.03. The predicted octanol–water partition coefficient (Wildman–Crippen LogP) is 6.35. The number of nitrogens with one attached hydrogen (secondary N) is 4. The fraction of sp³-hybridized carbons (Fsp3) is 0.235. The molecule has 4 N–H and O–H groups in total. The number of allylic oxidation sites excluding steroid dienone is 8. The summed E-state index contributed by atoms with van der Waals surface area (Å²) in [4.78, 5) is 14.2. The molecule has 198 valence electrons. The lowest BCUT2D eigenvalue weighted by molar-refractivity contribution is 0.339. The van der Waals surface area contributed by atoms with Crippen LogP contribution in [0.15, 0.2) is 131 Å². The molecule has 3 heterocycles. The molecule has 1 aromatic carbocycles. The zero-order valence-corrected chi connectivity index (χ0v) is 22.1. The smallest absolute Gasteiger partial charge is 0.131 e. The van der Waals surface area contributed by atoms with E-state index in [0.29, 0.717) is 5.92 Å². The van der Waals surface area contributed by atoms with Crippen LogP contribution >= 0.6 is 0 Å². The van der Waals surface area contributed by atoms with Crippen LogP contribution in [0.25, 0.3) is 0 Å². The van der Waals surface area contributed by atoms with Crippen LogP contribution in [0.1, 0.15) is 29.9 Å². The van der Waals surface area contributed by atoms with Crippen LogP contribution in [0.5, 0.6) is 0 Å². The summed E-state index contributed by atoms with van der Waals surface area (Å²) in [6, 6.07) is 21.3. The summed E-state index contributed by atoms with van der Waals surface area (Å²) in [5.41, 5.74) is 5.93. The molecule has 0 radical (unpaired) electrons. The second-order valence-corrected chi connectivity index (χ2v) is 11.2. The van der Waals surface area contributed by atoms with Gasteiger partial charge in [-0.25, -0.2) is 4.99 Å². The number of H-pyrrole nitrogens is 1. The third kappa shape index (κ3) is 4.12. The topological polar surface area (TPSA) is 76.6 Å². The Morgan fingerprint density at radius 2 is 1.45 bits per heavy atom. The average Bonchev–Trinajstić information content (AvgIpc) is 3.64. The number of hydrogen-bond acceptors (Lipinski definition) is 5. The summed E-state index contributed by atoms with van der Waals surface area (Å²) in [5, 5.41) is 11.5. The summed E-state index contributed by atoms with van der Waals surface area (Å²) in [6.45, 7) is 0. The number of aromatic nitrogens is 1. The summed E-state index contributed by atoms with van der Waals surface area (Å²) < 4.78 is 0. The van der Waals surface area contributed by atoms with Gasteiger partial charge in [0.15, 0.2) is 0 Å². The molecular weight excluding hydrogens is 492 g/mol. The van der Waals surface area contributed by atoms with E-state index in [2.05, 4.69) is 112 Å². The quantitative estimate of drug-likeness (QED) is 0.324. The molecule has 0 spiro atoms. The highest BCUT2D eigenvalue weighted by atomic mass is 15.2. The number of aliphatic imine (C=N–C) groups is 2. The Morgan fingerprint density at radius 3 is 2.35 bits per heavy atom. The van der Waals surface area contributed by atoms with Crippen LogP contribution in [-0.2, 0) is 0 Å². The molecule has 8 rings (SSSR count). The van der Waals surface area contributed by atoms with Crippen molar-refractivity contribution in [3.05, 3.63) is 132 Å². The van der Waals surface area contributed by atoms with Crippen molar-refractivity contribution in [1.29, 1.82) is 0 Å². The summed E-state index contributed by atoms with van der Waals surface area (Å²) in [7, 11) is 0. The minimum Gasteiger partial charge on any atom is -0.345 e. The van der Waals surface area contributed by atoms with E-state index in [9.17, 15) is 0 Å². The molecule has 40 heavy (non-hydrogen) atoms. The van der Waals surface area contributed by atoms with E-state index in [1.54, 1.807) is 0 Å². The van der Waals surface area contributed by atoms with E-state index < -0.39 is 0 Å². The molecular formula is C34H32N6. The molecule has 7 unspecified atom stereocenters. The van der Waals surface area contributed by atoms with E-state index in [0.717, 1.165) is 29.5 Å². The minimum atomic E-state index is -0.106. The first-order valence-electron chi connectivity index (χ1n) is 14.3. The second kappa shape index (κ2) is 9.73. The van der Waals surface area contributed by atoms with Gasteiger partial charge in [0.05, 0.1) is 6.17 Å². The third-order valence-corrected chi connectivity index (χ3v) is 8.84. The monoisotopic (exact) mass is 524 g/mol. The lowest BCUT2D eigenvalue weighted by Crippen LogP contribution is -2.40. The van der Waals surface area contributed by atoms with Crippen molar-refractivity contribution in [3.63, 3.8) is 0 Å². The first kappa shape index (κ1) is 23.6. The van der Waals surface area contributed by atoms with Gasteiger partial charge in [-0.3, -0.25) is 15.6 Å². The van der Waals surface area contributed by atoms with Crippen molar-refractivity contribution in [2.45, 2.75) is 24.8 Å². The number of rotatable bonds is 0. The van der Waals surface area contributed by atoms with Crippen molar-refractivity contribution >= 4 is 23.1 Å². The molecule has 1 aromatic heterocycles. The molecule has 0 saturated heterocycles. The van der Waals surface area contributed by atoms with Gasteiger partial charge in [-0.2, -0.15) is 0 Å². The number of fused-ring (bicyclic) bond motifs is 16. The van der Waals surface area contributed by atoms with Gasteiger partial charge >= 0.3 is 0 Å². The number of aromatic amines is 1. The van der Waals surface area contributed by atoms with Gasteiger partial charge < -0.3 is 10.3 Å². The maximum absolute atomic E-state index is 5.36. The van der Waals surface area contributed by atoms with Crippen molar-refractivity contribution in [2.75, 3.05) is 5.32 Å². The fourth-order valence-electron chi connectivity index (χ4n) is 6.98. The van der Waals surface area contributed by atoms with Crippen molar-refractivity contribution in [3.8, 4) is 0 Å². The molecule has 1 saturated carbocycles. The fourth-order valence-corrected chi connectivity index (χ4v) is 6.98. The molecule has 6 heteroatoms. The Balaban J connectivity index is 1.30. The molecule has 6 nitrogen and oxygen atoms in total. The lowest BCUT2D eigenvalue weighted by Gasteiger charge is -2.26. The zero-order valence-electron chi connectivity index (χ0n) is 22.1. The second-order valence-electron chi connectivity index (χ2n) is 11.2. The van der Waals surface area contributed by atoms with Crippen molar-refractivity contribution in [1.82, 2.24) is 15.6 Å². The number of nitrogens with zero attached hydrogens (tertiary/aromatic N) is 2. The van der Waals surface area contributed by atoms with Crippen LogP contribution in [0.2, 0.25) is 0 Å². The van der Waals surface area contributed by atoms with Gasteiger partial charge in [0.25, 0.3) is 0 Å².